The number of thiocarbonyl (C=S) groups is 1. The van der Waals surface area contributed by atoms with Gasteiger partial charge >= 0.3 is 0 Å². The van der Waals surface area contributed by atoms with Crippen LogP contribution in [0, 0.1) is 10.1 Å². The third-order valence-corrected chi connectivity index (χ3v) is 2.42. The van der Waals surface area contributed by atoms with Crippen molar-refractivity contribution in [2.75, 3.05) is 5.32 Å². The van der Waals surface area contributed by atoms with Crippen LogP contribution in [-0.2, 0) is 5.41 Å². The Morgan fingerprint density at radius 3 is 2.47 bits per heavy atom. The number of nitro benzene ring substituents is 1. The van der Waals surface area contributed by atoms with E-state index in [0.717, 1.165) is 5.56 Å². The number of nitro groups is 1. The van der Waals surface area contributed by atoms with Crippen LogP contribution in [0.5, 0.6) is 0 Å². The molecule has 0 bridgehead atoms. The topological polar surface area (TPSA) is 81.2 Å². The second kappa shape index (κ2) is 4.67. The fourth-order valence-electron chi connectivity index (χ4n) is 1.39. The van der Waals surface area contributed by atoms with E-state index in [1.54, 1.807) is 12.1 Å². The van der Waals surface area contributed by atoms with Crippen LogP contribution in [0.15, 0.2) is 18.2 Å². The van der Waals surface area contributed by atoms with Crippen LogP contribution in [0.2, 0.25) is 0 Å². The maximum atomic E-state index is 11.0. The summed E-state index contributed by atoms with van der Waals surface area (Å²) in [5, 5.41) is 13.6. The fraction of sp³-hybridized carbons (Fsp3) is 0.364. The summed E-state index contributed by atoms with van der Waals surface area (Å²) in [7, 11) is 0. The van der Waals surface area contributed by atoms with Gasteiger partial charge in [-0.05, 0) is 29.3 Å². The SMILES string of the molecule is CC(C)(C)c1ccc(NC(N)=S)c([N+](=O)[O-])c1. The summed E-state index contributed by atoms with van der Waals surface area (Å²) in [5.74, 6) is 0. The molecular weight excluding hydrogens is 238 g/mol. The molecule has 6 heteroatoms. The standard InChI is InChI=1S/C11H15N3O2S/c1-11(2,3)7-4-5-8(13-10(12)17)9(6-7)14(15)16/h4-6H,1-3H3,(H3,12,13,17). The summed E-state index contributed by atoms with van der Waals surface area (Å²) in [6.45, 7) is 5.98. The van der Waals surface area contributed by atoms with Gasteiger partial charge in [-0.1, -0.05) is 26.8 Å². The first-order valence-electron chi connectivity index (χ1n) is 5.07. The zero-order valence-corrected chi connectivity index (χ0v) is 10.8. The van der Waals surface area contributed by atoms with Gasteiger partial charge in [-0.2, -0.15) is 0 Å². The van der Waals surface area contributed by atoms with Gasteiger partial charge in [0.2, 0.25) is 0 Å². The van der Waals surface area contributed by atoms with E-state index in [-0.39, 0.29) is 16.2 Å². The van der Waals surface area contributed by atoms with Crippen molar-refractivity contribution in [3.63, 3.8) is 0 Å². The molecule has 0 saturated heterocycles. The van der Waals surface area contributed by atoms with Crippen LogP contribution in [-0.4, -0.2) is 10.0 Å². The first-order chi connectivity index (χ1) is 7.71. The van der Waals surface area contributed by atoms with E-state index in [0.29, 0.717) is 5.69 Å². The second-order valence-corrected chi connectivity index (χ2v) is 5.17. The minimum atomic E-state index is -0.449. The Balaban J connectivity index is 3.27. The van der Waals surface area contributed by atoms with Crippen LogP contribution >= 0.6 is 12.2 Å². The minimum absolute atomic E-state index is 0.0107. The average Bonchev–Trinajstić information content (AvgIpc) is 2.15. The molecule has 0 fully saturated rings. The summed E-state index contributed by atoms with van der Waals surface area (Å²) < 4.78 is 0. The molecule has 0 saturated carbocycles. The molecule has 0 radical (unpaired) electrons. The summed E-state index contributed by atoms with van der Waals surface area (Å²) in [4.78, 5) is 10.5. The number of nitrogens with one attached hydrogen (secondary N) is 1. The third kappa shape index (κ3) is 3.39. The van der Waals surface area contributed by atoms with Crippen molar-refractivity contribution in [3.05, 3.63) is 33.9 Å². The second-order valence-electron chi connectivity index (χ2n) is 4.73. The zero-order valence-electron chi connectivity index (χ0n) is 9.98. The molecule has 0 aliphatic rings. The van der Waals surface area contributed by atoms with Gasteiger partial charge in [-0.25, -0.2) is 0 Å². The number of benzene rings is 1. The molecular formula is C11H15N3O2S. The fourth-order valence-corrected chi connectivity index (χ4v) is 1.50. The molecule has 92 valence electrons. The van der Waals surface area contributed by atoms with Crippen molar-refractivity contribution in [1.82, 2.24) is 0 Å². The third-order valence-electron chi connectivity index (χ3n) is 2.32. The van der Waals surface area contributed by atoms with Crippen LogP contribution in [0.25, 0.3) is 0 Å². The average molecular weight is 253 g/mol. The highest BCUT2D eigenvalue weighted by atomic mass is 32.1. The Hall–Kier alpha value is -1.69. The van der Waals surface area contributed by atoms with Gasteiger partial charge in [0.1, 0.15) is 5.69 Å². The Morgan fingerprint density at radius 2 is 2.06 bits per heavy atom. The summed E-state index contributed by atoms with van der Waals surface area (Å²) in [6, 6.07) is 4.99. The van der Waals surface area contributed by atoms with Crippen molar-refractivity contribution in [2.45, 2.75) is 26.2 Å². The van der Waals surface area contributed by atoms with Crippen molar-refractivity contribution < 1.29 is 4.92 Å². The molecule has 0 unspecified atom stereocenters. The van der Waals surface area contributed by atoms with Gasteiger partial charge in [-0.3, -0.25) is 10.1 Å². The molecule has 0 atom stereocenters. The van der Waals surface area contributed by atoms with Gasteiger partial charge in [-0.15, -0.1) is 0 Å². The van der Waals surface area contributed by atoms with E-state index in [4.69, 9.17) is 5.73 Å². The Morgan fingerprint density at radius 1 is 1.47 bits per heavy atom. The molecule has 0 amide bonds. The lowest BCUT2D eigenvalue weighted by Crippen LogP contribution is -2.20. The molecule has 5 nitrogen and oxygen atoms in total. The lowest BCUT2D eigenvalue weighted by Gasteiger charge is -2.19. The molecule has 1 aromatic rings. The van der Waals surface area contributed by atoms with E-state index >= 15 is 0 Å². The molecule has 1 aromatic carbocycles. The number of hydrogen-bond acceptors (Lipinski definition) is 3. The molecule has 0 aliphatic heterocycles. The first-order valence-corrected chi connectivity index (χ1v) is 5.48. The smallest absolute Gasteiger partial charge is 0.293 e. The highest BCUT2D eigenvalue weighted by Gasteiger charge is 2.20. The monoisotopic (exact) mass is 253 g/mol. The lowest BCUT2D eigenvalue weighted by molar-refractivity contribution is -0.384. The van der Waals surface area contributed by atoms with Crippen LogP contribution in [0.3, 0.4) is 0 Å². The van der Waals surface area contributed by atoms with Crippen LogP contribution in [0.1, 0.15) is 26.3 Å². The zero-order chi connectivity index (χ0) is 13.2. The molecule has 0 spiro atoms. The van der Waals surface area contributed by atoms with Gasteiger partial charge < -0.3 is 11.1 Å². The van der Waals surface area contributed by atoms with E-state index in [9.17, 15) is 10.1 Å². The Kier molecular flexibility index (Phi) is 3.67. The van der Waals surface area contributed by atoms with Crippen LogP contribution < -0.4 is 11.1 Å². The van der Waals surface area contributed by atoms with E-state index in [1.807, 2.05) is 26.8 Å². The van der Waals surface area contributed by atoms with E-state index in [2.05, 4.69) is 17.5 Å². The van der Waals surface area contributed by atoms with Crippen molar-refractivity contribution in [3.8, 4) is 0 Å². The molecule has 17 heavy (non-hydrogen) atoms. The molecule has 0 aliphatic carbocycles. The molecule has 0 aromatic heterocycles. The highest BCUT2D eigenvalue weighted by Crippen LogP contribution is 2.31. The maximum absolute atomic E-state index is 11.0. The normalized spacial score (nSPS) is 11.0. The number of rotatable bonds is 2. The van der Waals surface area contributed by atoms with E-state index in [1.165, 1.54) is 0 Å². The number of nitrogens with two attached hydrogens (primary N) is 1. The summed E-state index contributed by atoms with van der Waals surface area (Å²) in [5.41, 5.74) is 6.35. The predicted molar refractivity (Wildman–Crippen MR) is 72.2 cm³/mol. The van der Waals surface area contributed by atoms with Gasteiger partial charge in [0.25, 0.3) is 5.69 Å². The summed E-state index contributed by atoms with van der Waals surface area (Å²) >= 11 is 4.67. The first kappa shape index (κ1) is 13.4. The van der Waals surface area contributed by atoms with Crippen molar-refractivity contribution >= 4 is 28.7 Å². The van der Waals surface area contributed by atoms with Gasteiger partial charge in [0.15, 0.2) is 5.11 Å². The largest absolute Gasteiger partial charge is 0.376 e. The predicted octanol–water partition coefficient (Wildman–Crippen LogP) is 2.55. The van der Waals surface area contributed by atoms with Crippen molar-refractivity contribution in [1.29, 1.82) is 0 Å². The van der Waals surface area contributed by atoms with Gasteiger partial charge in [0.05, 0.1) is 4.92 Å². The number of nitrogens with zero attached hydrogens (tertiary/aromatic N) is 1. The Labute approximate surface area is 105 Å². The van der Waals surface area contributed by atoms with E-state index < -0.39 is 4.92 Å². The molecule has 3 N–H and O–H groups in total. The molecule has 0 heterocycles. The van der Waals surface area contributed by atoms with Gasteiger partial charge in [0, 0.05) is 6.07 Å². The summed E-state index contributed by atoms with van der Waals surface area (Å²) in [6.07, 6.45) is 0. The lowest BCUT2D eigenvalue weighted by atomic mass is 9.86. The number of anilines is 1. The quantitative estimate of drug-likeness (QED) is 0.481. The number of hydrogen-bond donors (Lipinski definition) is 2. The van der Waals surface area contributed by atoms with Crippen molar-refractivity contribution in [2.24, 2.45) is 5.73 Å². The maximum Gasteiger partial charge on any atom is 0.293 e. The molecule has 1 rings (SSSR count). The van der Waals surface area contributed by atoms with Crippen LogP contribution in [0.4, 0.5) is 11.4 Å². The Bertz CT molecular complexity index is 466. The highest BCUT2D eigenvalue weighted by molar-refractivity contribution is 7.80. The minimum Gasteiger partial charge on any atom is -0.376 e.